The molecular weight excluding hydrogens is 254 g/mol. The molecule has 0 aliphatic carbocycles. The van der Waals surface area contributed by atoms with Crippen LogP contribution in [0.1, 0.15) is 35.8 Å². The molecule has 2 rings (SSSR count). The van der Waals surface area contributed by atoms with Gasteiger partial charge in [-0.25, -0.2) is 9.78 Å². The minimum atomic E-state index is -0.891. The molecule has 5 nitrogen and oxygen atoms in total. The van der Waals surface area contributed by atoms with Gasteiger partial charge in [-0.2, -0.15) is 0 Å². The molecule has 110 valence electrons. The Hall–Kier alpha value is -1.62. The molecule has 1 unspecified atom stereocenters. The van der Waals surface area contributed by atoms with E-state index < -0.39 is 5.97 Å². The summed E-state index contributed by atoms with van der Waals surface area (Å²) in [6, 6.07) is 3.73. The van der Waals surface area contributed by atoms with Crippen LogP contribution in [0.4, 0.5) is 5.82 Å². The first-order valence-corrected chi connectivity index (χ1v) is 7.17. The molecule has 20 heavy (non-hydrogen) atoms. The van der Waals surface area contributed by atoms with E-state index in [1.165, 1.54) is 6.42 Å². The van der Waals surface area contributed by atoms with E-state index in [4.69, 9.17) is 0 Å². The molecule has 5 heteroatoms. The van der Waals surface area contributed by atoms with E-state index >= 15 is 0 Å². The maximum atomic E-state index is 11.2. The molecule has 1 fully saturated rings. The number of carbonyl (C=O) groups is 1. The van der Waals surface area contributed by atoms with Gasteiger partial charge in [-0.3, -0.25) is 0 Å². The number of likely N-dealkylation sites (tertiary alicyclic amines) is 1. The van der Waals surface area contributed by atoms with E-state index in [9.17, 15) is 9.90 Å². The quantitative estimate of drug-likeness (QED) is 0.910. The van der Waals surface area contributed by atoms with Crippen molar-refractivity contribution >= 4 is 11.8 Å². The Morgan fingerprint density at radius 2 is 2.30 bits per heavy atom. The van der Waals surface area contributed by atoms with Gasteiger partial charge in [0.15, 0.2) is 0 Å². The molecule has 0 aromatic carbocycles. The predicted molar refractivity (Wildman–Crippen MR) is 79.5 cm³/mol. The number of aryl methyl sites for hydroxylation is 1. The second-order valence-electron chi connectivity index (χ2n) is 5.53. The van der Waals surface area contributed by atoms with Gasteiger partial charge in [-0.15, -0.1) is 0 Å². The van der Waals surface area contributed by atoms with E-state index in [1.807, 2.05) is 14.0 Å². The molecule has 1 aromatic heterocycles. The van der Waals surface area contributed by atoms with Gasteiger partial charge >= 0.3 is 5.97 Å². The summed E-state index contributed by atoms with van der Waals surface area (Å²) in [5.74, 6) is -0.125. The van der Waals surface area contributed by atoms with Crippen LogP contribution >= 0.6 is 0 Å². The Morgan fingerprint density at radius 3 is 2.90 bits per heavy atom. The number of anilines is 1. The van der Waals surface area contributed by atoms with Gasteiger partial charge in [0.05, 0.1) is 5.56 Å². The van der Waals surface area contributed by atoms with Crippen molar-refractivity contribution in [1.29, 1.82) is 0 Å². The number of nitrogens with zero attached hydrogens (tertiary/aromatic N) is 3. The second-order valence-corrected chi connectivity index (χ2v) is 5.53. The van der Waals surface area contributed by atoms with Crippen LogP contribution < -0.4 is 4.90 Å². The van der Waals surface area contributed by atoms with Crippen LogP contribution in [-0.4, -0.2) is 54.2 Å². The smallest absolute Gasteiger partial charge is 0.335 e. The van der Waals surface area contributed by atoms with Crippen molar-refractivity contribution < 1.29 is 9.90 Å². The van der Waals surface area contributed by atoms with Crippen molar-refractivity contribution in [2.45, 2.75) is 32.2 Å². The molecule has 1 saturated heterocycles. The average Bonchev–Trinajstić information content (AvgIpc) is 2.45. The van der Waals surface area contributed by atoms with Crippen molar-refractivity contribution in [2.24, 2.45) is 0 Å². The first kappa shape index (κ1) is 14.8. The Kier molecular flexibility index (Phi) is 4.60. The molecule has 1 N–H and O–H groups in total. The molecule has 1 aliphatic rings. The minimum Gasteiger partial charge on any atom is -0.478 e. The number of pyridine rings is 1. The van der Waals surface area contributed by atoms with Crippen molar-refractivity contribution in [2.75, 3.05) is 32.1 Å². The summed E-state index contributed by atoms with van der Waals surface area (Å²) >= 11 is 0. The molecule has 0 spiro atoms. The zero-order valence-corrected chi connectivity index (χ0v) is 12.5. The third-order valence-electron chi connectivity index (χ3n) is 3.98. The van der Waals surface area contributed by atoms with Gasteiger partial charge in [0.2, 0.25) is 0 Å². The first-order chi connectivity index (χ1) is 9.51. The van der Waals surface area contributed by atoms with Crippen LogP contribution in [0.25, 0.3) is 0 Å². The number of piperidine rings is 1. The molecule has 1 atom stereocenters. The number of hydrogen-bond acceptors (Lipinski definition) is 4. The van der Waals surface area contributed by atoms with Crippen molar-refractivity contribution in [3.63, 3.8) is 0 Å². The normalized spacial score (nSPS) is 19.9. The number of aromatic nitrogens is 1. The van der Waals surface area contributed by atoms with Crippen molar-refractivity contribution in [3.05, 3.63) is 23.4 Å². The van der Waals surface area contributed by atoms with Crippen LogP contribution in [0.5, 0.6) is 0 Å². The third kappa shape index (κ3) is 3.28. The highest BCUT2D eigenvalue weighted by molar-refractivity contribution is 5.88. The van der Waals surface area contributed by atoms with Gasteiger partial charge in [-0.1, -0.05) is 6.92 Å². The maximum absolute atomic E-state index is 11.2. The lowest BCUT2D eigenvalue weighted by atomic mass is 10.0. The SMILES string of the molecule is CCc1cc(C(=O)O)cc(N(C)C2CCCN(C)C2)n1. The Labute approximate surface area is 120 Å². The fourth-order valence-electron chi connectivity index (χ4n) is 2.70. The van der Waals surface area contributed by atoms with Crippen LogP contribution in [0.3, 0.4) is 0 Å². The van der Waals surface area contributed by atoms with E-state index in [2.05, 4.69) is 21.8 Å². The number of aromatic carboxylic acids is 1. The van der Waals surface area contributed by atoms with E-state index in [0.29, 0.717) is 11.6 Å². The summed E-state index contributed by atoms with van der Waals surface area (Å²) in [6.07, 6.45) is 3.04. The predicted octanol–water partition coefficient (Wildman–Crippen LogP) is 1.87. The number of hydrogen-bond donors (Lipinski definition) is 1. The molecule has 2 heterocycles. The lowest BCUT2D eigenvalue weighted by Gasteiger charge is -2.36. The summed E-state index contributed by atoms with van der Waals surface area (Å²) in [5.41, 5.74) is 1.15. The monoisotopic (exact) mass is 277 g/mol. The zero-order valence-electron chi connectivity index (χ0n) is 12.5. The Bertz CT molecular complexity index is 490. The lowest BCUT2D eigenvalue weighted by Crippen LogP contribution is -2.45. The van der Waals surface area contributed by atoms with E-state index in [1.54, 1.807) is 12.1 Å². The zero-order chi connectivity index (χ0) is 14.7. The second kappa shape index (κ2) is 6.22. The Balaban J connectivity index is 2.26. The van der Waals surface area contributed by atoms with Gasteiger partial charge < -0.3 is 14.9 Å². The van der Waals surface area contributed by atoms with Crippen LogP contribution in [0.2, 0.25) is 0 Å². The molecule has 0 saturated carbocycles. The van der Waals surface area contributed by atoms with Crippen molar-refractivity contribution in [3.8, 4) is 0 Å². The van der Waals surface area contributed by atoms with Crippen LogP contribution in [0.15, 0.2) is 12.1 Å². The third-order valence-corrected chi connectivity index (χ3v) is 3.98. The average molecular weight is 277 g/mol. The standard InChI is InChI=1S/C15H23N3O2/c1-4-12-8-11(15(19)20)9-14(16-12)18(3)13-6-5-7-17(2)10-13/h8-9,13H,4-7,10H2,1-3H3,(H,19,20). The minimum absolute atomic E-state index is 0.322. The molecular formula is C15H23N3O2. The van der Waals surface area contributed by atoms with Gasteiger partial charge in [0, 0.05) is 25.3 Å². The summed E-state index contributed by atoms with van der Waals surface area (Å²) in [4.78, 5) is 20.2. The first-order valence-electron chi connectivity index (χ1n) is 7.17. The molecule has 0 radical (unpaired) electrons. The number of carboxylic acid groups (broad SMARTS) is 1. The van der Waals surface area contributed by atoms with E-state index in [0.717, 1.165) is 37.4 Å². The van der Waals surface area contributed by atoms with Gasteiger partial charge in [0.25, 0.3) is 0 Å². The number of rotatable bonds is 4. The highest BCUT2D eigenvalue weighted by atomic mass is 16.4. The summed E-state index contributed by atoms with van der Waals surface area (Å²) in [6.45, 7) is 4.12. The largest absolute Gasteiger partial charge is 0.478 e. The fourth-order valence-corrected chi connectivity index (χ4v) is 2.70. The maximum Gasteiger partial charge on any atom is 0.335 e. The summed E-state index contributed by atoms with van der Waals surface area (Å²) < 4.78 is 0. The van der Waals surface area contributed by atoms with Gasteiger partial charge in [-0.05, 0) is 45.0 Å². The highest BCUT2D eigenvalue weighted by Crippen LogP contribution is 2.21. The summed E-state index contributed by atoms with van der Waals surface area (Å²) in [5, 5.41) is 9.21. The summed E-state index contributed by atoms with van der Waals surface area (Å²) in [7, 11) is 4.13. The van der Waals surface area contributed by atoms with Crippen LogP contribution in [0, 0.1) is 0 Å². The van der Waals surface area contributed by atoms with Crippen LogP contribution in [-0.2, 0) is 6.42 Å². The highest BCUT2D eigenvalue weighted by Gasteiger charge is 2.23. The number of likely N-dealkylation sites (N-methyl/N-ethyl adjacent to an activating group) is 2. The van der Waals surface area contributed by atoms with Gasteiger partial charge in [0.1, 0.15) is 5.82 Å². The lowest BCUT2D eigenvalue weighted by molar-refractivity contribution is 0.0696. The molecule has 1 aliphatic heterocycles. The van der Waals surface area contributed by atoms with E-state index in [-0.39, 0.29) is 0 Å². The molecule has 0 amide bonds. The number of carboxylic acids is 1. The topological polar surface area (TPSA) is 56.7 Å². The molecule has 1 aromatic rings. The fraction of sp³-hybridized carbons (Fsp3) is 0.600. The Morgan fingerprint density at radius 1 is 1.55 bits per heavy atom. The molecule has 0 bridgehead atoms. The van der Waals surface area contributed by atoms with Crippen molar-refractivity contribution in [1.82, 2.24) is 9.88 Å².